The molecule has 0 bridgehead atoms. The van der Waals surface area contributed by atoms with E-state index in [0.717, 1.165) is 24.3 Å². The van der Waals surface area contributed by atoms with Crippen LogP contribution in [0.5, 0.6) is 17.2 Å². The van der Waals surface area contributed by atoms with E-state index in [1.807, 2.05) is 36.5 Å². The molecule has 1 aromatic carbocycles. The van der Waals surface area contributed by atoms with Crippen molar-refractivity contribution in [3.8, 4) is 17.2 Å². The van der Waals surface area contributed by atoms with Gasteiger partial charge in [0.15, 0.2) is 11.5 Å². The number of rotatable bonds is 7. The first-order valence-electron chi connectivity index (χ1n) is 6.79. The minimum absolute atomic E-state index is 0.619. The summed E-state index contributed by atoms with van der Waals surface area (Å²) in [7, 11) is 4.85. The van der Waals surface area contributed by atoms with E-state index >= 15 is 0 Å². The molecule has 0 fully saturated rings. The molecule has 0 aliphatic heterocycles. The first-order chi connectivity index (χ1) is 10.3. The molecule has 0 aliphatic rings. The highest BCUT2D eigenvalue weighted by Gasteiger charge is 2.13. The van der Waals surface area contributed by atoms with Gasteiger partial charge >= 0.3 is 0 Å². The van der Waals surface area contributed by atoms with Crippen molar-refractivity contribution < 1.29 is 19.5 Å². The van der Waals surface area contributed by atoms with Gasteiger partial charge in [-0.1, -0.05) is 6.07 Å². The number of benzene rings is 1. The summed E-state index contributed by atoms with van der Waals surface area (Å²) in [6.07, 6.45) is 1.81. The fourth-order valence-corrected chi connectivity index (χ4v) is 2.16. The predicted octanol–water partition coefficient (Wildman–Crippen LogP) is 1.37. The normalized spacial score (nSPS) is 10.2. The topological polar surface area (TPSA) is 57.2 Å². The Hall–Kier alpha value is -2.27. The Morgan fingerprint density at radius 2 is 1.67 bits per heavy atom. The molecular weight excluding hydrogens is 268 g/mol. The molecular formula is C16H21N2O3+. The first kappa shape index (κ1) is 15.1. The van der Waals surface area contributed by atoms with Crippen LogP contribution < -0.4 is 19.5 Å². The molecule has 2 aromatic rings. The minimum Gasteiger partial charge on any atom is -0.493 e. The molecule has 5 heteroatoms. The molecule has 0 aliphatic carbocycles. The van der Waals surface area contributed by atoms with E-state index in [9.17, 15) is 0 Å². The number of quaternary nitrogens is 1. The van der Waals surface area contributed by atoms with Crippen LogP contribution in [0.2, 0.25) is 0 Å². The van der Waals surface area contributed by atoms with Crippen molar-refractivity contribution >= 4 is 0 Å². The standard InChI is InChI=1S/C16H20N2O3/c1-19-14-8-12(9-15(20-2)16(14)21-3)10-17-11-13-6-4-5-7-18-13/h4-9,17H,10-11H2,1-3H3/p+1. The number of nitrogens with zero attached hydrogens (tertiary/aromatic N) is 1. The summed E-state index contributed by atoms with van der Waals surface area (Å²) in [5.74, 6) is 1.98. The Kier molecular flexibility index (Phi) is 5.40. The van der Waals surface area contributed by atoms with E-state index in [1.54, 1.807) is 21.3 Å². The summed E-state index contributed by atoms with van der Waals surface area (Å²) in [4.78, 5) is 4.30. The first-order valence-corrected chi connectivity index (χ1v) is 6.79. The van der Waals surface area contributed by atoms with Crippen molar-refractivity contribution in [2.75, 3.05) is 21.3 Å². The van der Waals surface area contributed by atoms with Crippen molar-refractivity contribution in [2.45, 2.75) is 13.1 Å². The fraction of sp³-hybridized carbons (Fsp3) is 0.312. The minimum atomic E-state index is 0.619. The van der Waals surface area contributed by atoms with Gasteiger partial charge in [-0.2, -0.15) is 0 Å². The second-order valence-corrected chi connectivity index (χ2v) is 4.55. The lowest BCUT2D eigenvalue weighted by molar-refractivity contribution is -0.686. The van der Waals surface area contributed by atoms with Crippen LogP contribution in [0.25, 0.3) is 0 Å². The molecule has 2 rings (SSSR count). The zero-order valence-electron chi connectivity index (χ0n) is 12.6. The van der Waals surface area contributed by atoms with Crippen LogP contribution in [0.1, 0.15) is 11.3 Å². The molecule has 1 heterocycles. The maximum atomic E-state index is 5.35. The van der Waals surface area contributed by atoms with Crippen molar-refractivity contribution in [3.05, 3.63) is 47.8 Å². The van der Waals surface area contributed by atoms with Gasteiger partial charge in [-0.05, 0) is 24.3 Å². The summed E-state index contributed by atoms with van der Waals surface area (Å²) in [6, 6.07) is 9.87. The summed E-state index contributed by atoms with van der Waals surface area (Å²) in [5.41, 5.74) is 2.17. The smallest absolute Gasteiger partial charge is 0.203 e. The Balaban J connectivity index is 2.06. The third kappa shape index (κ3) is 3.86. The average Bonchev–Trinajstić information content (AvgIpc) is 2.54. The number of aromatic nitrogens is 1. The van der Waals surface area contributed by atoms with Gasteiger partial charge in [-0.3, -0.25) is 4.98 Å². The second-order valence-electron chi connectivity index (χ2n) is 4.55. The summed E-state index contributed by atoms with van der Waals surface area (Å²) < 4.78 is 16.0. The second kappa shape index (κ2) is 7.50. The quantitative estimate of drug-likeness (QED) is 0.836. The number of ether oxygens (including phenoxy) is 3. The van der Waals surface area contributed by atoms with Crippen molar-refractivity contribution in [1.82, 2.24) is 4.98 Å². The molecule has 2 N–H and O–H groups in total. The van der Waals surface area contributed by atoms with Crippen LogP contribution in [0.15, 0.2) is 36.5 Å². The lowest BCUT2D eigenvalue weighted by Crippen LogP contribution is -2.80. The lowest BCUT2D eigenvalue weighted by atomic mass is 10.1. The number of hydrogen-bond donors (Lipinski definition) is 1. The third-order valence-corrected chi connectivity index (χ3v) is 3.18. The van der Waals surface area contributed by atoms with E-state index in [1.165, 1.54) is 0 Å². The Bertz CT molecular complexity index is 548. The van der Waals surface area contributed by atoms with Gasteiger partial charge in [0.1, 0.15) is 13.1 Å². The van der Waals surface area contributed by atoms with Crippen molar-refractivity contribution in [2.24, 2.45) is 0 Å². The third-order valence-electron chi connectivity index (χ3n) is 3.18. The van der Waals surface area contributed by atoms with E-state index in [2.05, 4.69) is 10.3 Å². The van der Waals surface area contributed by atoms with Crippen LogP contribution in [0.4, 0.5) is 0 Å². The maximum absolute atomic E-state index is 5.35. The predicted molar refractivity (Wildman–Crippen MR) is 79.7 cm³/mol. The highest BCUT2D eigenvalue weighted by Crippen LogP contribution is 2.37. The van der Waals surface area contributed by atoms with Gasteiger partial charge in [-0.15, -0.1) is 0 Å². The van der Waals surface area contributed by atoms with Gasteiger partial charge in [0.2, 0.25) is 5.75 Å². The molecule has 0 saturated carbocycles. The largest absolute Gasteiger partial charge is 0.493 e. The molecule has 0 spiro atoms. The fourth-order valence-electron chi connectivity index (χ4n) is 2.16. The van der Waals surface area contributed by atoms with Crippen molar-refractivity contribution in [1.29, 1.82) is 0 Å². The Morgan fingerprint density at radius 1 is 0.952 bits per heavy atom. The molecule has 21 heavy (non-hydrogen) atoms. The summed E-state index contributed by atoms with van der Waals surface area (Å²) in [5, 5.41) is 2.18. The highest BCUT2D eigenvalue weighted by molar-refractivity contribution is 5.53. The molecule has 0 saturated heterocycles. The van der Waals surface area contributed by atoms with Gasteiger partial charge in [0.05, 0.1) is 27.0 Å². The molecule has 1 aromatic heterocycles. The van der Waals surface area contributed by atoms with Crippen LogP contribution in [-0.2, 0) is 13.1 Å². The molecule has 5 nitrogen and oxygen atoms in total. The molecule has 0 atom stereocenters. The number of methoxy groups -OCH3 is 3. The zero-order chi connectivity index (χ0) is 15.1. The number of hydrogen-bond acceptors (Lipinski definition) is 4. The van der Waals surface area contributed by atoms with Crippen LogP contribution in [-0.4, -0.2) is 26.3 Å². The monoisotopic (exact) mass is 289 g/mol. The molecule has 0 radical (unpaired) electrons. The van der Waals surface area contributed by atoms with Gasteiger partial charge < -0.3 is 19.5 Å². The Morgan fingerprint density at radius 3 is 2.19 bits per heavy atom. The molecule has 0 unspecified atom stereocenters. The van der Waals surface area contributed by atoms with E-state index in [0.29, 0.717) is 17.2 Å². The summed E-state index contributed by atoms with van der Waals surface area (Å²) >= 11 is 0. The van der Waals surface area contributed by atoms with E-state index < -0.39 is 0 Å². The molecule has 0 amide bonds. The number of nitrogens with two attached hydrogens (primary N) is 1. The van der Waals surface area contributed by atoms with E-state index in [-0.39, 0.29) is 0 Å². The average molecular weight is 289 g/mol. The van der Waals surface area contributed by atoms with Gasteiger partial charge in [0.25, 0.3) is 0 Å². The van der Waals surface area contributed by atoms with Crippen LogP contribution >= 0.6 is 0 Å². The van der Waals surface area contributed by atoms with Gasteiger partial charge in [0, 0.05) is 11.8 Å². The maximum Gasteiger partial charge on any atom is 0.203 e. The SMILES string of the molecule is COc1cc(C[NH2+]Cc2ccccn2)cc(OC)c1OC. The zero-order valence-corrected chi connectivity index (χ0v) is 12.6. The Labute approximate surface area is 124 Å². The lowest BCUT2D eigenvalue weighted by Gasteiger charge is -2.13. The van der Waals surface area contributed by atoms with Crippen LogP contribution in [0.3, 0.4) is 0 Å². The molecule has 112 valence electrons. The number of pyridine rings is 1. The van der Waals surface area contributed by atoms with Gasteiger partial charge in [-0.25, -0.2) is 0 Å². The highest BCUT2D eigenvalue weighted by atomic mass is 16.5. The van der Waals surface area contributed by atoms with E-state index in [4.69, 9.17) is 14.2 Å². The van der Waals surface area contributed by atoms with Crippen LogP contribution in [0, 0.1) is 0 Å². The van der Waals surface area contributed by atoms with Crippen molar-refractivity contribution in [3.63, 3.8) is 0 Å². The summed E-state index contributed by atoms with van der Waals surface area (Å²) in [6.45, 7) is 1.64.